The third-order valence-corrected chi connectivity index (χ3v) is 6.36. The third-order valence-electron chi connectivity index (χ3n) is 4.32. The van der Waals surface area contributed by atoms with Gasteiger partial charge in [-0.2, -0.15) is 4.31 Å². The minimum atomic E-state index is -3.59. The average molecular weight is 375 g/mol. The van der Waals surface area contributed by atoms with Gasteiger partial charge in [-0.05, 0) is 37.5 Å². The SMILES string of the molecule is Cc1ccc(NC(=O)c2nccnc2N)cc1S(=O)(=O)N1CCCCC1. The molecule has 0 saturated carbocycles. The van der Waals surface area contributed by atoms with E-state index in [0.717, 1.165) is 19.3 Å². The predicted octanol–water partition coefficient (Wildman–Crippen LogP) is 1.79. The molecule has 1 aliphatic heterocycles. The van der Waals surface area contributed by atoms with Crippen molar-refractivity contribution in [3.8, 4) is 0 Å². The van der Waals surface area contributed by atoms with E-state index in [2.05, 4.69) is 15.3 Å². The number of nitrogens with zero attached hydrogens (tertiary/aromatic N) is 3. The monoisotopic (exact) mass is 375 g/mol. The lowest BCUT2D eigenvalue weighted by atomic mass is 10.2. The number of nitrogens with one attached hydrogen (secondary N) is 1. The Balaban J connectivity index is 1.88. The number of benzene rings is 1. The van der Waals surface area contributed by atoms with E-state index in [1.807, 2.05) is 0 Å². The Morgan fingerprint density at radius 2 is 1.85 bits per heavy atom. The normalized spacial score (nSPS) is 15.6. The molecule has 0 spiro atoms. The summed E-state index contributed by atoms with van der Waals surface area (Å²) in [4.78, 5) is 20.3. The fourth-order valence-corrected chi connectivity index (χ4v) is 4.68. The second-order valence-corrected chi connectivity index (χ2v) is 8.10. The fraction of sp³-hybridized carbons (Fsp3) is 0.353. The number of hydrogen-bond acceptors (Lipinski definition) is 6. The van der Waals surface area contributed by atoms with Crippen LogP contribution in [0.4, 0.5) is 11.5 Å². The van der Waals surface area contributed by atoms with Gasteiger partial charge in [0.1, 0.15) is 0 Å². The van der Waals surface area contributed by atoms with Crippen LogP contribution in [0.3, 0.4) is 0 Å². The lowest BCUT2D eigenvalue weighted by Gasteiger charge is -2.26. The van der Waals surface area contributed by atoms with E-state index in [4.69, 9.17) is 5.73 Å². The summed E-state index contributed by atoms with van der Waals surface area (Å²) in [7, 11) is -3.59. The molecule has 2 heterocycles. The molecule has 8 nitrogen and oxygen atoms in total. The molecule has 3 N–H and O–H groups in total. The van der Waals surface area contributed by atoms with Crippen LogP contribution in [0.5, 0.6) is 0 Å². The van der Waals surface area contributed by atoms with Gasteiger partial charge in [0.25, 0.3) is 5.91 Å². The van der Waals surface area contributed by atoms with Gasteiger partial charge < -0.3 is 11.1 Å². The van der Waals surface area contributed by atoms with Gasteiger partial charge in [-0.25, -0.2) is 18.4 Å². The van der Waals surface area contributed by atoms with Crippen LogP contribution in [0, 0.1) is 6.92 Å². The Morgan fingerprint density at radius 1 is 1.15 bits per heavy atom. The Labute approximate surface area is 152 Å². The van der Waals surface area contributed by atoms with Crippen molar-refractivity contribution in [3.63, 3.8) is 0 Å². The van der Waals surface area contributed by atoms with Gasteiger partial charge in [-0.3, -0.25) is 4.79 Å². The summed E-state index contributed by atoms with van der Waals surface area (Å²) in [6, 6.07) is 4.80. The molecule has 0 radical (unpaired) electrons. The first-order chi connectivity index (χ1) is 12.4. The summed E-state index contributed by atoms with van der Waals surface area (Å²) >= 11 is 0. The zero-order valence-corrected chi connectivity index (χ0v) is 15.3. The Kier molecular flexibility index (Phi) is 5.19. The van der Waals surface area contributed by atoms with Crippen molar-refractivity contribution in [2.75, 3.05) is 24.1 Å². The average Bonchev–Trinajstić information content (AvgIpc) is 2.64. The van der Waals surface area contributed by atoms with Crippen LogP contribution in [0.1, 0.15) is 35.3 Å². The van der Waals surface area contributed by atoms with Gasteiger partial charge in [0.2, 0.25) is 10.0 Å². The molecule has 0 atom stereocenters. The molecule has 2 aromatic rings. The smallest absolute Gasteiger partial charge is 0.278 e. The lowest BCUT2D eigenvalue weighted by Crippen LogP contribution is -2.36. The van der Waals surface area contributed by atoms with E-state index in [-0.39, 0.29) is 16.4 Å². The molecule has 26 heavy (non-hydrogen) atoms. The number of rotatable bonds is 4. The van der Waals surface area contributed by atoms with Crippen LogP contribution in [-0.4, -0.2) is 41.7 Å². The number of aromatic nitrogens is 2. The van der Waals surface area contributed by atoms with Crippen LogP contribution in [0.2, 0.25) is 0 Å². The molecule has 0 bridgehead atoms. The molecule has 0 unspecified atom stereocenters. The number of nitrogens with two attached hydrogens (primary N) is 1. The molecule has 9 heteroatoms. The standard InChI is InChI=1S/C17H21N5O3S/c1-12-5-6-13(21-17(23)15-16(18)20-8-7-19-15)11-14(12)26(24,25)22-9-3-2-4-10-22/h5-8,11H,2-4,9-10H2,1H3,(H2,18,20)(H,21,23). The van der Waals surface area contributed by atoms with Gasteiger partial charge in [0.15, 0.2) is 11.5 Å². The molecule has 138 valence electrons. The predicted molar refractivity (Wildman–Crippen MR) is 98.2 cm³/mol. The highest BCUT2D eigenvalue weighted by molar-refractivity contribution is 7.89. The molecule has 1 amide bonds. The van der Waals surface area contributed by atoms with E-state index in [1.165, 1.54) is 22.8 Å². The number of aryl methyl sites for hydroxylation is 1. The highest BCUT2D eigenvalue weighted by atomic mass is 32.2. The number of carbonyl (C=O) groups excluding carboxylic acids is 1. The first kappa shape index (κ1) is 18.3. The number of piperidine rings is 1. The van der Waals surface area contributed by atoms with Crippen LogP contribution < -0.4 is 11.1 Å². The second-order valence-electron chi connectivity index (χ2n) is 6.19. The van der Waals surface area contributed by atoms with E-state index in [1.54, 1.807) is 19.1 Å². The van der Waals surface area contributed by atoms with Crippen molar-refractivity contribution in [1.82, 2.24) is 14.3 Å². The number of carbonyl (C=O) groups is 1. The highest BCUT2D eigenvalue weighted by Crippen LogP contribution is 2.26. The van der Waals surface area contributed by atoms with E-state index in [9.17, 15) is 13.2 Å². The molecule has 1 saturated heterocycles. The maximum atomic E-state index is 12.9. The number of anilines is 2. The van der Waals surface area contributed by atoms with Gasteiger partial charge in [-0.15, -0.1) is 0 Å². The number of sulfonamides is 1. The summed E-state index contributed by atoms with van der Waals surface area (Å²) in [5.41, 5.74) is 6.65. The quantitative estimate of drug-likeness (QED) is 0.841. The minimum Gasteiger partial charge on any atom is -0.382 e. The van der Waals surface area contributed by atoms with E-state index >= 15 is 0 Å². The van der Waals surface area contributed by atoms with Crippen molar-refractivity contribution in [2.24, 2.45) is 0 Å². The van der Waals surface area contributed by atoms with Gasteiger partial charge in [0, 0.05) is 31.2 Å². The lowest BCUT2D eigenvalue weighted by molar-refractivity contribution is 0.102. The number of hydrogen-bond donors (Lipinski definition) is 2. The fourth-order valence-electron chi connectivity index (χ4n) is 2.91. The van der Waals surface area contributed by atoms with Gasteiger partial charge >= 0.3 is 0 Å². The summed E-state index contributed by atoms with van der Waals surface area (Å²) in [5.74, 6) is -0.529. The first-order valence-corrected chi connectivity index (χ1v) is 9.82. The molecule has 1 aliphatic rings. The summed E-state index contributed by atoms with van der Waals surface area (Å²) in [6.45, 7) is 2.78. The maximum absolute atomic E-state index is 12.9. The van der Waals surface area contributed by atoms with Crippen molar-refractivity contribution in [3.05, 3.63) is 41.9 Å². The maximum Gasteiger partial charge on any atom is 0.278 e. The molecule has 3 rings (SSSR count). The minimum absolute atomic E-state index is 0.00601. The number of amides is 1. The summed E-state index contributed by atoms with van der Waals surface area (Å²) < 4.78 is 27.4. The Hall–Kier alpha value is -2.52. The van der Waals surface area contributed by atoms with Gasteiger partial charge in [0.05, 0.1) is 4.90 Å². The van der Waals surface area contributed by atoms with Crippen molar-refractivity contribution < 1.29 is 13.2 Å². The topological polar surface area (TPSA) is 118 Å². The highest BCUT2D eigenvalue weighted by Gasteiger charge is 2.27. The Bertz CT molecular complexity index is 924. The van der Waals surface area contributed by atoms with Crippen LogP contribution in [0.15, 0.2) is 35.5 Å². The van der Waals surface area contributed by atoms with Crippen molar-refractivity contribution >= 4 is 27.4 Å². The zero-order valence-electron chi connectivity index (χ0n) is 14.5. The molecule has 1 aromatic heterocycles. The van der Waals surface area contributed by atoms with Crippen molar-refractivity contribution in [1.29, 1.82) is 0 Å². The summed E-state index contributed by atoms with van der Waals surface area (Å²) in [5, 5.41) is 2.64. The molecular weight excluding hydrogens is 354 g/mol. The zero-order chi connectivity index (χ0) is 18.7. The molecular formula is C17H21N5O3S. The van der Waals surface area contributed by atoms with Gasteiger partial charge in [-0.1, -0.05) is 12.5 Å². The van der Waals surface area contributed by atoms with Crippen LogP contribution >= 0.6 is 0 Å². The third kappa shape index (κ3) is 3.68. The number of nitrogen functional groups attached to an aromatic ring is 1. The Morgan fingerprint density at radius 3 is 2.54 bits per heavy atom. The van der Waals surface area contributed by atoms with E-state index in [0.29, 0.717) is 24.3 Å². The molecule has 1 aromatic carbocycles. The van der Waals surface area contributed by atoms with E-state index < -0.39 is 15.9 Å². The molecule has 0 aliphatic carbocycles. The molecule has 1 fully saturated rings. The summed E-state index contributed by atoms with van der Waals surface area (Å²) in [6.07, 6.45) is 5.52. The largest absolute Gasteiger partial charge is 0.382 e. The van der Waals surface area contributed by atoms with Crippen molar-refractivity contribution in [2.45, 2.75) is 31.1 Å². The van der Waals surface area contributed by atoms with Crippen LogP contribution in [0.25, 0.3) is 0 Å². The second kappa shape index (κ2) is 7.38. The first-order valence-electron chi connectivity index (χ1n) is 8.38. The van der Waals surface area contributed by atoms with Crippen LogP contribution in [-0.2, 0) is 10.0 Å².